The van der Waals surface area contributed by atoms with Crippen LogP contribution in [0.1, 0.15) is 30.5 Å². The molecule has 0 atom stereocenters. The quantitative estimate of drug-likeness (QED) is 0.734. The predicted molar refractivity (Wildman–Crippen MR) is 94.5 cm³/mol. The van der Waals surface area contributed by atoms with Crippen LogP contribution >= 0.6 is 0 Å². The van der Waals surface area contributed by atoms with E-state index in [0.717, 1.165) is 38.4 Å². The van der Waals surface area contributed by atoms with Crippen molar-refractivity contribution in [3.63, 3.8) is 0 Å². The van der Waals surface area contributed by atoms with Gasteiger partial charge in [-0.3, -0.25) is 4.90 Å². The van der Waals surface area contributed by atoms with Gasteiger partial charge in [0.2, 0.25) is 0 Å². The first kappa shape index (κ1) is 16.5. The van der Waals surface area contributed by atoms with Crippen molar-refractivity contribution in [3.8, 4) is 0 Å². The summed E-state index contributed by atoms with van der Waals surface area (Å²) in [6.45, 7) is 9.39. The fraction of sp³-hybridized carbons (Fsp3) is 0.368. The highest BCUT2D eigenvalue weighted by atomic mass is 15.1. The number of rotatable bonds is 8. The Morgan fingerprint density at radius 3 is 1.73 bits per heavy atom. The highest BCUT2D eigenvalue weighted by Gasteiger charge is 2.01. The maximum Gasteiger partial charge on any atom is 0.0314 e. The molecule has 118 valence electrons. The summed E-state index contributed by atoms with van der Waals surface area (Å²) in [6, 6.07) is 16.9. The van der Waals surface area contributed by atoms with E-state index in [4.69, 9.17) is 5.73 Å². The summed E-state index contributed by atoms with van der Waals surface area (Å²) in [5.74, 6) is 0. The van der Waals surface area contributed by atoms with Gasteiger partial charge in [-0.15, -0.1) is 0 Å². The second kappa shape index (κ2) is 8.57. The van der Waals surface area contributed by atoms with Crippen molar-refractivity contribution in [2.45, 2.75) is 33.5 Å². The van der Waals surface area contributed by atoms with Crippen molar-refractivity contribution in [3.05, 3.63) is 65.2 Å². The van der Waals surface area contributed by atoms with Crippen LogP contribution in [0.15, 0.2) is 48.5 Å². The highest BCUT2D eigenvalue weighted by Crippen LogP contribution is 2.09. The van der Waals surface area contributed by atoms with Crippen LogP contribution in [-0.4, -0.2) is 18.0 Å². The number of nitrogens with one attached hydrogen (secondary N) is 1. The molecule has 3 nitrogen and oxygen atoms in total. The summed E-state index contributed by atoms with van der Waals surface area (Å²) in [4.78, 5) is 2.42. The van der Waals surface area contributed by atoms with Crippen molar-refractivity contribution in [1.29, 1.82) is 0 Å². The zero-order valence-electron chi connectivity index (χ0n) is 13.7. The second-order valence-corrected chi connectivity index (χ2v) is 5.62. The number of anilines is 1. The standard InChI is InChI=1S/C19H27N3/c1-3-22(4-2)15-18-7-5-16(6-8-18)13-21-14-17-9-11-19(20)12-10-17/h5-12,21H,3-4,13-15,20H2,1-2H3. The molecule has 0 bridgehead atoms. The van der Waals surface area contributed by atoms with Crippen LogP contribution in [0.25, 0.3) is 0 Å². The Morgan fingerprint density at radius 2 is 1.23 bits per heavy atom. The highest BCUT2D eigenvalue weighted by molar-refractivity contribution is 5.39. The van der Waals surface area contributed by atoms with E-state index in [1.807, 2.05) is 12.1 Å². The minimum absolute atomic E-state index is 0.813. The fourth-order valence-electron chi connectivity index (χ4n) is 2.45. The molecule has 0 aliphatic heterocycles. The first-order valence-electron chi connectivity index (χ1n) is 8.06. The first-order chi connectivity index (χ1) is 10.7. The van der Waals surface area contributed by atoms with Crippen molar-refractivity contribution >= 4 is 5.69 Å². The van der Waals surface area contributed by atoms with Gasteiger partial charge in [-0.2, -0.15) is 0 Å². The Balaban J connectivity index is 1.80. The van der Waals surface area contributed by atoms with Crippen molar-refractivity contribution in [2.75, 3.05) is 18.8 Å². The van der Waals surface area contributed by atoms with E-state index >= 15 is 0 Å². The lowest BCUT2D eigenvalue weighted by atomic mass is 10.1. The Labute approximate surface area is 134 Å². The second-order valence-electron chi connectivity index (χ2n) is 5.62. The Hall–Kier alpha value is -1.84. The Morgan fingerprint density at radius 1 is 0.773 bits per heavy atom. The predicted octanol–water partition coefficient (Wildman–Crippen LogP) is 3.40. The van der Waals surface area contributed by atoms with Gasteiger partial charge < -0.3 is 11.1 Å². The average molecular weight is 297 g/mol. The molecule has 22 heavy (non-hydrogen) atoms. The maximum atomic E-state index is 5.69. The number of hydrogen-bond donors (Lipinski definition) is 2. The molecule has 0 aliphatic carbocycles. The summed E-state index contributed by atoms with van der Waals surface area (Å²) >= 11 is 0. The number of nitrogens with zero attached hydrogens (tertiary/aromatic N) is 1. The molecule has 0 fully saturated rings. The molecule has 0 saturated carbocycles. The minimum Gasteiger partial charge on any atom is -0.399 e. The van der Waals surface area contributed by atoms with Crippen LogP contribution in [0, 0.1) is 0 Å². The fourth-order valence-corrected chi connectivity index (χ4v) is 2.45. The maximum absolute atomic E-state index is 5.69. The molecule has 2 rings (SSSR count). The largest absolute Gasteiger partial charge is 0.399 e. The summed E-state index contributed by atoms with van der Waals surface area (Å²) in [5.41, 5.74) is 10.5. The van der Waals surface area contributed by atoms with Crippen LogP contribution < -0.4 is 11.1 Å². The summed E-state index contributed by atoms with van der Waals surface area (Å²) in [7, 11) is 0. The number of nitrogens with two attached hydrogens (primary N) is 1. The summed E-state index contributed by atoms with van der Waals surface area (Å²) in [6.07, 6.45) is 0. The first-order valence-corrected chi connectivity index (χ1v) is 8.06. The number of nitrogen functional groups attached to an aromatic ring is 1. The normalized spacial score (nSPS) is 11.0. The van der Waals surface area contributed by atoms with E-state index in [-0.39, 0.29) is 0 Å². The van der Waals surface area contributed by atoms with Gasteiger partial charge in [0.05, 0.1) is 0 Å². The smallest absolute Gasteiger partial charge is 0.0314 e. The van der Waals surface area contributed by atoms with E-state index in [9.17, 15) is 0 Å². The molecular formula is C19H27N3. The molecule has 0 radical (unpaired) electrons. The van der Waals surface area contributed by atoms with Crippen LogP contribution in [0.5, 0.6) is 0 Å². The molecule has 3 N–H and O–H groups in total. The van der Waals surface area contributed by atoms with Gasteiger partial charge in [0.25, 0.3) is 0 Å². The molecule has 2 aromatic rings. The van der Waals surface area contributed by atoms with Crippen LogP contribution in [0.4, 0.5) is 5.69 Å². The van der Waals surface area contributed by atoms with Gasteiger partial charge in [-0.05, 0) is 41.9 Å². The van der Waals surface area contributed by atoms with Crippen molar-refractivity contribution < 1.29 is 0 Å². The van der Waals surface area contributed by atoms with Gasteiger partial charge in [0, 0.05) is 25.3 Å². The summed E-state index contributed by atoms with van der Waals surface area (Å²) in [5, 5.41) is 3.47. The lowest BCUT2D eigenvalue weighted by Crippen LogP contribution is -2.22. The average Bonchev–Trinajstić information content (AvgIpc) is 2.56. The van der Waals surface area contributed by atoms with Gasteiger partial charge in [0.15, 0.2) is 0 Å². The summed E-state index contributed by atoms with van der Waals surface area (Å²) < 4.78 is 0. The Kier molecular flexibility index (Phi) is 6.44. The zero-order chi connectivity index (χ0) is 15.8. The minimum atomic E-state index is 0.813. The lowest BCUT2D eigenvalue weighted by molar-refractivity contribution is 0.296. The van der Waals surface area contributed by atoms with E-state index < -0.39 is 0 Å². The van der Waals surface area contributed by atoms with Crippen LogP contribution in [0.3, 0.4) is 0 Å². The lowest BCUT2D eigenvalue weighted by Gasteiger charge is -2.18. The third-order valence-corrected chi connectivity index (χ3v) is 3.96. The van der Waals surface area contributed by atoms with Gasteiger partial charge in [-0.1, -0.05) is 50.2 Å². The third-order valence-electron chi connectivity index (χ3n) is 3.96. The molecule has 0 aliphatic rings. The number of benzene rings is 2. The molecular weight excluding hydrogens is 270 g/mol. The SMILES string of the molecule is CCN(CC)Cc1ccc(CNCc2ccc(N)cc2)cc1. The molecule has 0 aromatic heterocycles. The van der Waals surface area contributed by atoms with Crippen molar-refractivity contribution in [1.82, 2.24) is 10.2 Å². The van der Waals surface area contributed by atoms with E-state index in [2.05, 4.69) is 60.5 Å². The van der Waals surface area contributed by atoms with Gasteiger partial charge >= 0.3 is 0 Å². The molecule has 0 amide bonds. The Bertz CT molecular complexity index is 542. The molecule has 0 saturated heterocycles. The number of hydrogen-bond acceptors (Lipinski definition) is 3. The monoisotopic (exact) mass is 297 g/mol. The van der Waals surface area contributed by atoms with Crippen molar-refractivity contribution in [2.24, 2.45) is 0 Å². The van der Waals surface area contributed by atoms with Gasteiger partial charge in [0.1, 0.15) is 0 Å². The molecule has 3 heteroatoms. The molecule has 2 aromatic carbocycles. The molecule has 0 heterocycles. The van der Waals surface area contributed by atoms with E-state index in [0.29, 0.717) is 0 Å². The van der Waals surface area contributed by atoms with Crippen LogP contribution in [-0.2, 0) is 19.6 Å². The molecule has 0 spiro atoms. The van der Waals surface area contributed by atoms with Gasteiger partial charge in [-0.25, -0.2) is 0 Å². The van der Waals surface area contributed by atoms with Crippen LogP contribution in [0.2, 0.25) is 0 Å². The zero-order valence-corrected chi connectivity index (χ0v) is 13.7. The topological polar surface area (TPSA) is 41.3 Å². The molecule has 0 unspecified atom stereocenters. The van der Waals surface area contributed by atoms with E-state index in [1.54, 1.807) is 0 Å². The third kappa shape index (κ3) is 5.17. The van der Waals surface area contributed by atoms with E-state index in [1.165, 1.54) is 16.7 Å².